The van der Waals surface area contributed by atoms with Gasteiger partial charge in [0.25, 0.3) is 5.91 Å². The summed E-state index contributed by atoms with van der Waals surface area (Å²) in [5.41, 5.74) is 3.75. The van der Waals surface area contributed by atoms with Crippen LogP contribution in [0.15, 0.2) is 54.7 Å². The predicted octanol–water partition coefficient (Wildman–Crippen LogP) is 3.27. The third-order valence-corrected chi connectivity index (χ3v) is 5.96. The molecule has 0 aliphatic carbocycles. The average Bonchev–Trinajstić information content (AvgIpc) is 3.56. The van der Waals surface area contributed by atoms with Gasteiger partial charge in [0.15, 0.2) is 0 Å². The molecule has 3 heterocycles. The van der Waals surface area contributed by atoms with Gasteiger partial charge in [-0.3, -0.25) is 4.79 Å². The summed E-state index contributed by atoms with van der Waals surface area (Å²) in [4.78, 5) is 21.7. The molecule has 190 valence electrons. The Labute approximate surface area is 204 Å². The second kappa shape index (κ2) is 10.1. The standard InChI is InChI=1S/C22H23N5O2.C2HF3O2/c1-15-7-8-16(9-19(15)21(28)24-17-5-3-2-4-6-17)20-11-27(26-25-20)14-22-10-18(12-29-22)23-13-22;3-2(4,5)1(6)7/h2-9,11,18,23H,10,12-14H2,1H3,(H,24,28);(H,6,7). The van der Waals surface area contributed by atoms with Crippen LogP contribution < -0.4 is 10.6 Å². The van der Waals surface area contributed by atoms with Crippen LogP contribution in [0.2, 0.25) is 0 Å². The fourth-order valence-electron chi connectivity index (χ4n) is 4.14. The van der Waals surface area contributed by atoms with Crippen LogP contribution in [-0.2, 0) is 16.1 Å². The summed E-state index contributed by atoms with van der Waals surface area (Å²) in [7, 11) is 0. The van der Waals surface area contributed by atoms with Gasteiger partial charge in [-0.1, -0.05) is 35.5 Å². The third kappa shape index (κ3) is 5.89. The van der Waals surface area contributed by atoms with Gasteiger partial charge in [-0.05, 0) is 37.1 Å². The van der Waals surface area contributed by atoms with E-state index >= 15 is 0 Å². The normalized spacial score (nSPS) is 20.5. The molecule has 36 heavy (non-hydrogen) atoms. The molecular formula is C24H24F3N5O4. The van der Waals surface area contributed by atoms with E-state index in [9.17, 15) is 18.0 Å². The Bertz CT molecular complexity index is 1240. The van der Waals surface area contributed by atoms with Gasteiger partial charge >= 0.3 is 12.1 Å². The lowest BCUT2D eigenvalue weighted by Gasteiger charge is -2.26. The molecule has 2 aromatic carbocycles. The summed E-state index contributed by atoms with van der Waals surface area (Å²) < 4.78 is 39.6. The van der Waals surface area contributed by atoms with E-state index in [1.807, 2.05) is 66.3 Å². The minimum Gasteiger partial charge on any atom is -0.475 e. The number of ether oxygens (including phenoxy) is 1. The van der Waals surface area contributed by atoms with Gasteiger partial charge in [0.1, 0.15) is 11.3 Å². The number of anilines is 1. The smallest absolute Gasteiger partial charge is 0.475 e. The lowest BCUT2D eigenvalue weighted by molar-refractivity contribution is -0.192. The Morgan fingerprint density at radius 1 is 1.25 bits per heavy atom. The molecule has 0 spiro atoms. The first kappa shape index (κ1) is 25.3. The molecule has 5 rings (SSSR count). The van der Waals surface area contributed by atoms with Crippen LogP contribution in [0.4, 0.5) is 18.9 Å². The predicted molar refractivity (Wildman–Crippen MR) is 123 cm³/mol. The van der Waals surface area contributed by atoms with Crippen molar-refractivity contribution in [3.8, 4) is 11.3 Å². The van der Waals surface area contributed by atoms with Crippen LogP contribution in [0.5, 0.6) is 0 Å². The van der Waals surface area contributed by atoms with Crippen molar-refractivity contribution in [2.24, 2.45) is 0 Å². The molecular weight excluding hydrogens is 479 g/mol. The number of fused-ring (bicyclic) bond motifs is 2. The third-order valence-electron chi connectivity index (χ3n) is 5.96. The number of aromatic nitrogens is 3. The average molecular weight is 503 g/mol. The van der Waals surface area contributed by atoms with Crippen molar-refractivity contribution in [1.82, 2.24) is 20.3 Å². The van der Waals surface area contributed by atoms with Crippen molar-refractivity contribution in [3.63, 3.8) is 0 Å². The molecule has 2 fully saturated rings. The van der Waals surface area contributed by atoms with E-state index < -0.39 is 12.1 Å². The number of hydrogen-bond donors (Lipinski definition) is 3. The zero-order valence-electron chi connectivity index (χ0n) is 19.2. The number of rotatable bonds is 5. The summed E-state index contributed by atoms with van der Waals surface area (Å²) in [6.45, 7) is 4.22. The van der Waals surface area contributed by atoms with Crippen molar-refractivity contribution in [2.45, 2.75) is 37.7 Å². The van der Waals surface area contributed by atoms with E-state index in [0.29, 0.717) is 18.2 Å². The minimum atomic E-state index is -5.08. The minimum absolute atomic E-state index is 0.135. The highest BCUT2D eigenvalue weighted by Gasteiger charge is 2.46. The molecule has 1 aromatic heterocycles. The lowest BCUT2D eigenvalue weighted by Crippen LogP contribution is -2.42. The molecule has 3 N–H and O–H groups in total. The topological polar surface area (TPSA) is 118 Å². The first-order chi connectivity index (χ1) is 17.0. The Balaban J connectivity index is 0.000000384. The van der Waals surface area contributed by atoms with Crippen molar-refractivity contribution >= 4 is 17.6 Å². The van der Waals surface area contributed by atoms with Crippen LogP contribution >= 0.6 is 0 Å². The van der Waals surface area contributed by atoms with E-state index in [2.05, 4.69) is 20.9 Å². The molecule has 3 aromatic rings. The number of carboxylic acids is 1. The highest BCUT2D eigenvalue weighted by Crippen LogP contribution is 2.33. The first-order valence-electron chi connectivity index (χ1n) is 11.1. The van der Waals surface area contributed by atoms with E-state index in [-0.39, 0.29) is 11.5 Å². The number of carbonyl (C=O) groups excluding carboxylic acids is 1. The number of amides is 1. The number of halogens is 3. The fourth-order valence-corrected chi connectivity index (χ4v) is 4.14. The van der Waals surface area contributed by atoms with Crippen molar-refractivity contribution in [1.29, 1.82) is 0 Å². The number of hydrogen-bond acceptors (Lipinski definition) is 6. The largest absolute Gasteiger partial charge is 0.490 e. The van der Waals surface area contributed by atoms with Crippen molar-refractivity contribution in [3.05, 3.63) is 65.9 Å². The quantitative estimate of drug-likeness (QED) is 0.489. The molecule has 2 saturated heterocycles. The number of carbonyl (C=O) groups is 2. The highest BCUT2D eigenvalue weighted by molar-refractivity contribution is 6.05. The Morgan fingerprint density at radius 2 is 1.97 bits per heavy atom. The molecule has 2 aliphatic rings. The number of benzene rings is 2. The summed E-state index contributed by atoms with van der Waals surface area (Å²) in [6.07, 6.45) is -2.15. The maximum atomic E-state index is 12.8. The number of carboxylic acid groups (broad SMARTS) is 1. The lowest BCUT2D eigenvalue weighted by atomic mass is 10.0. The van der Waals surface area contributed by atoms with Gasteiger partial charge in [0.2, 0.25) is 0 Å². The second-order valence-electron chi connectivity index (χ2n) is 8.73. The van der Waals surface area contributed by atoms with Crippen LogP contribution in [0.3, 0.4) is 0 Å². The summed E-state index contributed by atoms with van der Waals surface area (Å²) in [5, 5.41) is 22.2. The SMILES string of the molecule is Cc1ccc(-c2cn(CC34CNC(CO3)C4)nn2)cc1C(=O)Nc1ccccc1.O=C(O)C(F)(F)F. The number of aliphatic carboxylic acids is 1. The van der Waals surface area contributed by atoms with Gasteiger partial charge in [-0.25, -0.2) is 9.48 Å². The highest BCUT2D eigenvalue weighted by atomic mass is 19.4. The molecule has 1 amide bonds. The molecule has 12 heteroatoms. The molecule has 0 saturated carbocycles. The fraction of sp³-hybridized carbons (Fsp3) is 0.333. The first-order valence-corrected chi connectivity index (χ1v) is 11.1. The number of nitrogens with one attached hydrogen (secondary N) is 2. The second-order valence-corrected chi connectivity index (χ2v) is 8.73. The number of nitrogens with zero attached hydrogens (tertiary/aromatic N) is 3. The van der Waals surface area contributed by atoms with Gasteiger partial charge in [-0.15, -0.1) is 5.10 Å². The number of morpholine rings is 1. The molecule has 0 radical (unpaired) electrons. The Morgan fingerprint density at radius 3 is 2.56 bits per heavy atom. The van der Waals surface area contributed by atoms with Crippen molar-refractivity contribution in [2.75, 3.05) is 18.5 Å². The molecule has 2 unspecified atom stereocenters. The number of aryl methyl sites for hydroxylation is 1. The Hall–Kier alpha value is -3.77. The maximum Gasteiger partial charge on any atom is 0.490 e. The van der Waals surface area contributed by atoms with Gasteiger partial charge in [0.05, 0.1) is 19.3 Å². The van der Waals surface area contributed by atoms with E-state index in [1.165, 1.54) is 0 Å². The molecule has 2 atom stereocenters. The zero-order valence-corrected chi connectivity index (χ0v) is 19.2. The van der Waals surface area contributed by atoms with E-state index in [1.54, 1.807) is 0 Å². The van der Waals surface area contributed by atoms with Crippen LogP contribution in [-0.4, -0.2) is 62.9 Å². The van der Waals surface area contributed by atoms with Gasteiger partial charge < -0.3 is 20.5 Å². The molecule has 2 aliphatic heterocycles. The summed E-state index contributed by atoms with van der Waals surface area (Å²) in [6, 6.07) is 15.7. The number of para-hydroxylation sites is 1. The maximum absolute atomic E-state index is 12.8. The Kier molecular flexibility index (Phi) is 7.09. The van der Waals surface area contributed by atoms with Crippen LogP contribution in [0, 0.1) is 6.92 Å². The van der Waals surface area contributed by atoms with E-state index in [0.717, 1.165) is 42.1 Å². The summed E-state index contributed by atoms with van der Waals surface area (Å²) >= 11 is 0. The monoisotopic (exact) mass is 503 g/mol. The van der Waals surface area contributed by atoms with E-state index in [4.69, 9.17) is 14.6 Å². The number of alkyl halides is 3. The van der Waals surface area contributed by atoms with Gasteiger partial charge in [0, 0.05) is 29.4 Å². The van der Waals surface area contributed by atoms with Crippen LogP contribution in [0.25, 0.3) is 11.3 Å². The summed E-state index contributed by atoms with van der Waals surface area (Å²) in [5.74, 6) is -2.89. The van der Waals surface area contributed by atoms with Gasteiger partial charge in [-0.2, -0.15) is 13.2 Å². The van der Waals surface area contributed by atoms with Crippen molar-refractivity contribution < 1.29 is 32.6 Å². The molecule has 2 bridgehead atoms. The van der Waals surface area contributed by atoms with Crippen LogP contribution in [0.1, 0.15) is 22.3 Å². The molecule has 9 nitrogen and oxygen atoms in total. The zero-order chi connectivity index (χ0) is 25.9.